The minimum absolute atomic E-state index is 0.264. The highest BCUT2D eigenvalue weighted by atomic mass is 17.2. The maximum atomic E-state index is 12.1. The Morgan fingerprint density at radius 3 is 2.45 bits per heavy atom. The summed E-state index contributed by atoms with van der Waals surface area (Å²) in [6.07, 6.45) is 6.03. The van der Waals surface area contributed by atoms with E-state index in [4.69, 9.17) is 19.2 Å². The van der Waals surface area contributed by atoms with E-state index in [0.717, 1.165) is 19.3 Å². The van der Waals surface area contributed by atoms with Gasteiger partial charge in [0.15, 0.2) is 0 Å². The number of carbonyl (C=O) groups excluding carboxylic acids is 1. The minimum atomic E-state index is -0.608. The molecule has 0 saturated carbocycles. The zero-order valence-corrected chi connectivity index (χ0v) is 13.8. The van der Waals surface area contributed by atoms with Crippen LogP contribution in [0.3, 0.4) is 0 Å². The van der Waals surface area contributed by atoms with Gasteiger partial charge in [0.1, 0.15) is 23.2 Å². The van der Waals surface area contributed by atoms with Gasteiger partial charge in [-0.05, 0) is 31.5 Å². The lowest BCUT2D eigenvalue weighted by atomic mass is 10.1. The Morgan fingerprint density at radius 2 is 1.82 bits per heavy atom. The monoisotopic (exact) mass is 309 g/mol. The van der Waals surface area contributed by atoms with Crippen LogP contribution < -0.4 is 9.47 Å². The van der Waals surface area contributed by atoms with Crippen molar-refractivity contribution in [1.29, 1.82) is 0 Å². The molecule has 0 heterocycles. The van der Waals surface area contributed by atoms with Crippen LogP contribution in [0.1, 0.15) is 56.3 Å². The van der Waals surface area contributed by atoms with E-state index in [1.807, 2.05) is 6.92 Å². The summed E-state index contributed by atoms with van der Waals surface area (Å²) in [5, 5.41) is 0. The summed E-state index contributed by atoms with van der Waals surface area (Å²) in [7, 11) is 3.02. The molecule has 5 nitrogen and oxygen atoms in total. The van der Waals surface area contributed by atoms with E-state index in [1.54, 1.807) is 18.2 Å². The molecule has 0 aliphatic carbocycles. The lowest BCUT2D eigenvalue weighted by molar-refractivity contribution is -0.233. The molecule has 0 aliphatic heterocycles. The standard InChI is InChI=1S/C17H25O5/c1-5-6-7-8-9-13(2)21-22-17(18)15-12-14(19-3)10-11-16(15)20-4/h10-12H,5-9H2,1-4H3. The molecule has 1 radical (unpaired) electrons. The van der Waals surface area contributed by atoms with Crippen LogP contribution in [0.2, 0.25) is 0 Å². The Labute approximate surface area is 132 Å². The van der Waals surface area contributed by atoms with E-state index in [0.29, 0.717) is 17.6 Å². The molecule has 1 aromatic rings. The van der Waals surface area contributed by atoms with E-state index in [-0.39, 0.29) is 5.56 Å². The number of hydrogen-bond acceptors (Lipinski definition) is 5. The van der Waals surface area contributed by atoms with Crippen molar-refractivity contribution >= 4 is 5.97 Å². The molecule has 0 spiro atoms. The summed E-state index contributed by atoms with van der Waals surface area (Å²) < 4.78 is 10.2. The van der Waals surface area contributed by atoms with Crippen molar-refractivity contribution in [1.82, 2.24) is 0 Å². The predicted molar refractivity (Wildman–Crippen MR) is 83.7 cm³/mol. The van der Waals surface area contributed by atoms with Crippen LogP contribution in [0.4, 0.5) is 0 Å². The average Bonchev–Trinajstić information content (AvgIpc) is 2.55. The molecular formula is C17H25O5. The zero-order valence-electron chi connectivity index (χ0n) is 13.8. The number of carbonyl (C=O) groups is 1. The Bertz CT molecular complexity index is 458. The van der Waals surface area contributed by atoms with Crippen LogP contribution in [0.25, 0.3) is 0 Å². The lowest BCUT2D eigenvalue weighted by Crippen LogP contribution is -2.10. The van der Waals surface area contributed by atoms with Crippen molar-refractivity contribution in [2.24, 2.45) is 0 Å². The molecule has 1 aromatic carbocycles. The van der Waals surface area contributed by atoms with Gasteiger partial charge in [-0.3, -0.25) is 4.89 Å². The van der Waals surface area contributed by atoms with Crippen LogP contribution >= 0.6 is 0 Å². The number of benzene rings is 1. The second-order valence-corrected chi connectivity index (χ2v) is 5.03. The largest absolute Gasteiger partial charge is 0.497 e. The molecule has 0 N–H and O–H groups in total. The van der Waals surface area contributed by atoms with Crippen LogP contribution in [-0.4, -0.2) is 20.2 Å². The van der Waals surface area contributed by atoms with Crippen LogP contribution in [0.5, 0.6) is 11.5 Å². The van der Waals surface area contributed by atoms with Gasteiger partial charge in [0, 0.05) is 0 Å². The summed E-state index contributed by atoms with van der Waals surface area (Å²) in [4.78, 5) is 22.0. The molecule has 5 heteroatoms. The topological polar surface area (TPSA) is 54.0 Å². The van der Waals surface area contributed by atoms with Crippen molar-refractivity contribution in [3.63, 3.8) is 0 Å². The fourth-order valence-electron chi connectivity index (χ4n) is 1.97. The molecule has 0 saturated heterocycles. The van der Waals surface area contributed by atoms with Gasteiger partial charge in [-0.15, -0.1) is 0 Å². The summed E-state index contributed by atoms with van der Waals surface area (Å²) in [6.45, 7) is 3.97. The first kappa shape index (κ1) is 18.3. The maximum Gasteiger partial charge on any atom is 0.376 e. The first-order valence-electron chi connectivity index (χ1n) is 7.55. The summed E-state index contributed by atoms with van der Waals surface area (Å²) in [5.41, 5.74) is 0.264. The van der Waals surface area contributed by atoms with E-state index in [1.165, 1.54) is 27.1 Å². The number of methoxy groups -OCH3 is 2. The molecule has 0 bridgehead atoms. The predicted octanol–water partition coefficient (Wildman–Crippen LogP) is 4.31. The van der Waals surface area contributed by atoms with Crippen molar-refractivity contribution in [2.75, 3.05) is 14.2 Å². The Kier molecular flexibility index (Phi) is 8.36. The van der Waals surface area contributed by atoms with Crippen LogP contribution in [0, 0.1) is 6.10 Å². The molecule has 0 aromatic heterocycles. The van der Waals surface area contributed by atoms with Gasteiger partial charge >= 0.3 is 5.97 Å². The van der Waals surface area contributed by atoms with Gasteiger partial charge in [0.05, 0.1) is 14.2 Å². The highest BCUT2D eigenvalue weighted by Crippen LogP contribution is 2.25. The molecule has 22 heavy (non-hydrogen) atoms. The molecule has 0 unspecified atom stereocenters. The van der Waals surface area contributed by atoms with Gasteiger partial charge in [-0.1, -0.05) is 32.6 Å². The average molecular weight is 309 g/mol. The first-order chi connectivity index (χ1) is 10.6. The third kappa shape index (κ3) is 5.93. The Hall–Kier alpha value is -1.75. The third-order valence-electron chi connectivity index (χ3n) is 3.27. The minimum Gasteiger partial charge on any atom is -0.497 e. The van der Waals surface area contributed by atoms with Crippen LogP contribution in [-0.2, 0) is 9.78 Å². The quantitative estimate of drug-likeness (QED) is 0.366. The van der Waals surface area contributed by atoms with E-state index < -0.39 is 5.97 Å². The maximum absolute atomic E-state index is 12.1. The number of rotatable bonds is 10. The Balaban J connectivity index is 2.51. The molecule has 0 aliphatic rings. The third-order valence-corrected chi connectivity index (χ3v) is 3.27. The first-order valence-corrected chi connectivity index (χ1v) is 7.55. The SMILES string of the molecule is CCCCCC[C](C)OOC(=O)c1cc(OC)ccc1OC. The number of hydrogen-bond donors (Lipinski definition) is 0. The van der Waals surface area contributed by atoms with Crippen LogP contribution in [0.15, 0.2) is 18.2 Å². The second kappa shape index (κ2) is 10.1. The zero-order chi connectivity index (χ0) is 16.4. The summed E-state index contributed by atoms with van der Waals surface area (Å²) in [6, 6.07) is 4.92. The van der Waals surface area contributed by atoms with Gasteiger partial charge in [0.25, 0.3) is 0 Å². The highest BCUT2D eigenvalue weighted by Gasteiger charge is 2.18. The van der Waals surface area contributed by atoms with Crippen molar-refractivity contribution in [2.45, 2.75) is 46.0 Å². The van der Waals surface area contributed by atoms with Crippen molar-refractivity contribution in [3.05, 3.63) is 29.9 Å². The molecule has 1 rings (SSSR count). The van der Waals surface area contributed by atoms with Gasteiger partial charge in [0.2, 0.25) is 0 Å². The Morgan fingerprint density at radius 1 is 1.05 bits per heavy atom. The fourth-order valence-corrected chi connectivity index (χ4v) is 1.97. The van der Waals surface area contributed by atoms with E-state index >= 15 is 0 Å². The molecule has 0 atom stereocenters. The van der Waals surface area contributed by atoms with E-state index in [2.05, 4.69) is 6.92 Å². The normalized spacial score (nSPS) is 10.6. The second-order valence-electron chi connectivity index (χ2n) is 5.03. The molecule has 0 amide bonds. The number of ether oxygens (including phenoxy) is 2. The number of unbranched alkanes of at least 4 members (excludes halogenated alkanes) is 3. The highest BCUT2D eigenvalue weighted by molar-refractivity contribution is 5.92. The molecule has 123 valence electrons. The smallest absolute Gasteiger partial charge is 0.376 e. The van der Waals surface area contributed by atoms with Crippen molar-refractivity contribution < 1.29 is 24.0 Å². The van der Waals surface area contributed by atoms with Crippen molar-refractivity contribution in [3.8, 4) is 11.5 Å². The van der Waals surface area contributed by atoms with Gasteiger partial charge < -0.3 is 9.47 Å². The summed E-state index contributed by atoms with van der Waals surface area (Å²) in [5.74, 6) is 0.353. The van der Waals surface area contributed by atoms with E-state index in [9.17, 15) is 4.79 Å². The van der Waals surface area contributed by atoms with Gasteiger partial charge in [-0.2, -0.15) is 4.89 Å². The fraction of sp³-hybridized carbons (Fsp3) is 0.529. The molecular weight excluding hydrogens is 284 g/mol. The van der Waals surface area contributed by atoms with Gasteiger partial charge in [-0.25, -0.2) is 4.79 Å². The summed E-state index contributed by atoms with van der Waals surface area (Å²) >= 11 is 0. The molecule has 0 fully saturated rings. The lowest BCUT2D eigenvalue weighted by Gasteiger charge is -2.12.